The molecule has 0 spiro atoms. The summed E-state index contributed by atoms with van der Waals surface area (Å²) in [7, 11) is 0. The topological polar surface area (TPSA) is 39.4 Å². The standard InChI is InChI=1S/C50H38O3S2/c1-4-12-39(43-26-31-13-5-8-18-40(31)51-43)50(3)28-32(33-16-11-17-36-34-14-6-9-19-41(34)52-47(33)36)25-38(29(50)2)30-21-23-44-46(27-30)54-45-24-22-37-35-15-7-10-20-42(35)53-48(37)49(45)55-44/h4-10,13-15,17-29,39H,1,11-12,16H2,2-3H3/t29-,39?,50+/m0/s1. The molecule has 3 aliphatic rings. The molecule has 5 aromatic carbocycles. The molecule has 5 heteroatoms. The third-order valence-corrected chi connectivity index (χ3v) is 14.9. The van der Waals surface area contributed by atoms with E-state index in [4.69, 9.17) is 13.3 Å². The normalized spacial score (nSPS) is 19.8. The van der Waals surface area contributed by atoms with Gasteiger partial charge in [0.15, 0.2) is 0 Å². The molecular formula is C50H38O3S2. The molecule has 1 aliphatic heterocycles. The smallest absolute Gasteiger partial charge is 0.150 e. The van der Waals surface area contributed by atoms with Gasteiger partial charge in [-0.05, 0) is 90.4 Å². The van der Waals surface area contributed by atoms with Gasteiger partial charge in [0, 0.05) is 58.4 Å². The summed E-state index contributed by atoms with van der Waals surface area (Å²) in [4.78, 5) is 4.97. The lowest BCUT2D eigenvalue weighted by Crippen LogP contribution is -2.35. The van der Waals surface area contributed by atoms with E-state index in [0.29, 0.717) is 0 Å². The average molecular weight is 751 g/mol. The van der Waals surface area contributed by atoms with Crippen molar-refractivity contribution in [3.8, 4) is 0 Å². The van der Waals surface area contributed by atoms with Gasteiger partial charge in [0.2, 0.25) is 0 Å². The van der Waals surface area contributed by atoms with Crippen LogP contribution in [0.15, 0.2) is 172 Å². The quantitative estimate of drug-likeness (QED) is 0.158. The molecule has 0 amide bonds. The van der Waals surface area contributed by atoms with Crippen LogP contribution in [0.2, 0.25) is 0 Å². The van der Waals surface area contributed by atoms with E-state index in [1.807, 2.05) is 35.7 Å². The Balaban J connectivity index is 1.07. The molecule has 4 heterocycles. The molecule has 0 saturated heterocycles. The SMILES string of the molecule is C=CCC(c1cc2ccccc2o1)[C@]1(C)C=C(C2=c3oc4ccccc4c3=CCC2)C=C(c2ccc3c(c2)Sc2ccc4c(oc5ccccc54)c2S3)[C@@H]1C. The number of furan rings is 3. The minimum Gasteiger partial charge on any atom is -0.461 e. The van der Waals surface area contributed by atoms with Crippen LogP contribution in [0, 0.1) is 11.3 Å². The molecule has 11 rings (SSSR count). The molecule has 0 fully saturated rings. The summed E-state index contributed by atoms with van der Waals surface area (Å²) in [6, 6.07) is 38.9. The summed E-state index contributed by atoms with van der Waals surface area (Å²) in [6.45, 7) is 9.09. The van der Waals surface area contributed by atoms with E-state index in [2.05, 4.69) is 142 Å². The van der Waals surface area contributed by atoms with Crippen LogP contribution in [-0.2, 0) is 0 Å². The second-order valence-electron chi connectivity index (χ2n) is 15.3. The predicted octanol–water partition coefficient (Wildman–Crippen LogP) is 13.4. The molecule has 55 heavy (non-hydrogen) atoms. The van der Waals surface area contributed by atoms with Crippen molar-refractivity contribution in [2.45, 2.75) is 58.6 Å². The summed E-state index contributed by atoms with van der Waals surface area (Å²) >= 11 is 3.67. The number of para-hydroxylation sites is 3. The molecule has 268 valence electrons. The number of benzene rings is 5. The maximum Gasteiger partial charge on any atom is 0.150 e. The fourth-order valence-corrected chi connectivity index (χ4v) is 11.6. The van der Waals surface area contributed by atoms with Crippen molar-refractivity contribution in [2.75, 3.05) is 0 Å². The molecule has 8 aromatic rings. The van der Waals surface area contributed by atoms with E-state index in [1.165, 1.54) is 57.9 Å². The minimum absolute atomic E-state index is 0.0673. The van der Waals surface area contributed by atoms with Gasteiger partial charge in [-0.15, -0.1) is 6.58 Å². The van der Waals surface area contributed by atoms with E-state index >= 15 is 0 Å². The van der Waals surface area contributed by atoms with Gasteiger partial charge in [-0.1, -0.05) is 122 Å². The highest BCUT2D eigenvalue weighted by Crippen LogP contribution is 2.57. The van der Waals surface area contributed by atoms with Gasteiger partial charge in [-0.2, -0.15) is 0 Å². The molecule has 2 aliphatic carbocycles. The first-order valence-electron chi connectivity index (χ1n) is 19.2. The summed E-state index contributed by atoms with van der Waals surface area (Å²) in [5.41, 5.74) is 9.57. The number of allylic oxidation sites excluding steroid dienone is 5. The lowest BCUT2D eigenvalue weighted by Gasteiger charge is -2.44. The van der Waals surface area contributed by atoms with Gasteiger partial charge in [0.25, 0.3) is 0 Å². The number of fused-ring (bicyclic) bond motifs is 10. The van der Waals surface area contributed by atoms with Crippen molar-refractivity contribution in [1.82, 2.24) is 0 Å². The van der Waals surface area contributed by atoms with E-state index in [0.717, 1.165) is 63.5 Å². The van der Waals surface area contributed by atoms with Crippen LogP contribution in [0.3, 0.4) is 0 Å². The number of hydrogen-bond acceptors (Lipinski definition) is 5. The maximum absolute atomic E-state index is 6.70. The van der Waals surface area contributed by atoms with Crippen molar-refractivity contribution in [3.63, 3.8) is 0 Å². The first-order chi connectivity index (χ1) is 27.0. The van der Waals surface area contributed by atoms with Gasteiger partial charge in [-0.25, -0.2) is 0 Å². The fraction of sp³-hybridized carbons (Fsp3) is 0.160. The predicted molar refractivity (Wildman–Crippen MR) is 228 cm³/mol. The van der Waals surface area contributed by atoms with E-state index in [-0.39, 0.29) is 17.3 Å². The van der Waals surface area contributed by atoms with Crippen LogP contribution in [0.5, 0.6) is 0 Å². The lowest BCUT2D eigenvalue weighted by atomic mass is 9.60. The Hall–Kier alpha value is -5.36. The summed E-state index contributed by atoms with van der Waals surface area (Å²) < 4.78 is 19.8. The Bertz CT molecular complexity index is 3060. The molecule has 0 radical (unpaired) electrons. The molecule has 0 saturated carbocycles. The minimum atomic E-state index is -0.306. The zero-order valence-electron chi connectivity index (χ0n) is 30.7. The van der Waals surface area contributed by atoms with Crippen molar-refractivity contribution in [2.24, 2.45) is 11.3 Å². The number of hydrogen-bond donors (Lipinski definition) is 0. The highest BCUT2D eigenvalue weighted by Gasteiger charge is 2.44. The van der Waals surface area contributed by atoms with Crippen LogP contribution in [0.1, 0.15) is 50.4 Å². The van der Waals surface area contributed by atoms with E-state index < -0.39 is 0 Å². The van der Waals surface area contributed by atoms with Gasteiger partial charge in [-0.3, -0.25) is 0 Å². The zero-order chi connectivity index (χ0) is 36.8. The van der Waals surface area contributed by atoms with Gasteiger partial charge in [0.05, 0.1) is 4.90 Å². The van der Waals surface area contributed by atoms with Crippen LogP contribution < -0.4 is 10.6 Å². The second-order valence-corrected chi connectivity index (χ2v) is 17.5. The van der Waals surface area contributed by atoms with Crippen molar-refractivity contribution >= 4 is 84.6 Å². The summed E-state index contributed by atoms with van der Waals surface area (Å²) in [6.07, 6.45) is 12.1. The molecular weight excluding hydrogens is 713 g/mol. The Morgan fingerprint density at radius 2 is 1.55 bits per heavy atom. The van der Waals surface area contributed by atoms with Crippen LogP contribution in [0.4, 0.5) is 0 Å². The van der Waals surface area contributed by atoms with Crippen LogP contribution in [-0.4, -0.2) is 0 Å². The van der Waals surface area contributed by atoms with Crippen LogP contribution in [0.25, 0.3) is 61.1 Å². The third-order valence-electron chi connectivity index (χ3n) is 12.3. The van der Waals surface area contributed by atoms with E-state index in [9.17, 15) is 0 Å². The highest BCUT2D eigenvalue weighted by atomic mass is 32.2. The fourth-order valence-electron chi connectivity index (χ4n) is 9.30. The monoisotopic (exact) mass is 750 g/mol. The number of rotatable bonds is 6. The third kappa shape index (κ3) is 5.13. The Morgan fingerprint density at radius 1 is 0.782 bits per heavy atom. The maximum atomic E-state index is 6.70. The Kier molecular flexibility index (Phi) is 7.56. The highest BCUT2D eigenvalue weighted by molar-refractivity contribution is 8.05. The van der Waals surface area contributed by atoms with E-state index in [1.54, 1.807) is 0 Å². The molecule has 3 atom stereocenters. The summed E-state index contributed by atoms with van der Waals surface area (Å²) in [5, 5.41) is 5.87. The largest absolute Gasteiger partial charge is 0.461 e. The molecule has 1 unspecified atom stereocenters. The molecule has 3 nitrogen and oxygen atoms in total. The first-order valence-corrected chi connectivity index (χ1v) is 20.8. The Labute approximate surface area is 327 Å². The molecule has 0 bridgehead atoms. The van der Waals surface area contributed by atoms with Crippen molar-refractivity contribution in [3.05, 3.63) is 162 Å². The first kappa shape index (κ1) is 33.0. The van der Waals surface area contributed by atoms with Crippen LogP contribution >= 0.6 is 23.5 Å². The molecule has 0 N–H and O–H groups in total. The second kappa shape index (κ2) is 12.6. The lowest BCUT2D eigenvalue weighted by molar-refractivity contribution is 0.239. The van der Waals surface area contributed by atoms with Gasteiger partial charge in [0.1, 0.15) is 33.5 Å². The summed E-state index contributed by atoms with van der Waals surface area (Å²) in [5.74, 6) is 1.24. The average Bonchev–Trinajstić information content (AvgIpc) is 3.93. The molecule has 3 aromatic heterocycles. The zero-order valence-corrected chi connectivity index (χ0v) is 32.4. The Morgan fingerprint density at radius 3 is 2.38 bits per heavy atom. The van der Waals surface area contributed by atoms with Gasteiger partial charge < -0.3 is 13.3 Å². The van der Waals surface area contributed by atoms with Crippen molar-refractivity contribution in [1.29, 1.82) is 0 Å². The van der Waals surface area contributed by atoms with Gasteiger partial charge >= 0.3 is 0 Å². The van der Waals surface area contributed by atoms with Crippen molar-refractivity contribution < 1.29 is 13.3 Å².